The molecule has 0 heterocycles. The zero-order valence-electron chi connectivity index (χ0n) is 14.9. The van der Waals surface area contributed by atoms with Crippen molar-refractivity contribution in [1.29, 1.82) is 0 Å². The highest BCUT2D eigenvalue weighted by Gasteiger charge is 2.31. The molecule has 8 heteroatoms. The molecule has 0 saturated carbocycles. The summed E-state index contributed by atoms with van der Waals surface area (Å²) in [6.07, 6.45) is -4.59. The first kappa shape index (κ1) is 20.6. The van der Waals surface area contributed by atoms with Crippen molar-refractivity contribution in [3.63, 3.8) is 0 Å². The standard InChI is InChI=1S/C19H20F3NO4/c1-25-9-10-27-17-8-7-14(19(20,21)22)12-15(17)23-18(24)11-13-5-3-4-6-16(13)26-2/h3-8,12H,9-11H2,1-2H3,(H,23,24). The van der Waals surface area contributed by atoms with Gasteiger partial charge in [-0.05, 0) is 24.3 Å². The molecule has 0 aliphatic rings. The Kier molecular flexibility index (Phi) is 7.06. The van der Waals surface area contributed by atoms with Crippen LogP contribution in [0.15, 0.2) is 42.5 Å². The Morgan fingerprint density at radius 2 is 1.78 bits per heavy atom. The van der Waals surface area contributed by atoms with Gasteiger partial charge < -0.3 is 19.5 Å². The van der Waals surface area contributed by atoms with Gasteiger partial charge in [-0.15, -0.1) is 0 Å². The number of hydrogen-bond donors (Lipinski definition) is 1. The van der Waals surface area contributed by atoms with Gasteiger partial charge in [0.25, 0.3) is 0 Å². The largest absolute Gasteiger partial charge is 0.496 e. The van der Waals surface area contributed by atoms with Gasteiger partial charge >= 0.3 is 6.18 Å². The van der Waals surface area contributed by atoms with E-state index in [9.17, 15) is 18.0 Å². The van der Waals surface area contributed by atoms with E-state index in [2.05, 4.69) is 5.32 Å². The summed E-state index contributed by atoms with van der Waals surface area (Å²) in [6.45, 7) is 0.396. The lowest BCUT2D eigenvalue weighted by Crippen LogP contribution is -2.17. The van der Waals surface area contributed by atoms with Crippen LogP contribution in [0, 0.1) is 0 Å². The van der Waals surface area contributed by atoms with Crippen LogP contribution in [-0.4, -0.2) is 33.3 Å². The third-order valence-electron chi connectivity index (χ3n) is 3.67. The molecule has 1 N–H and O–H groups in total. The average Bonchev–Trinajstić information content (AvgIpc) is 2.62. The lowest BCUT2D eigenvalue weighted by molar-refractivity contribution is -0.137. The highest BCUT2D eigenvalue weighted by molar-refractivity contribution is 5.94. The molecule has 146 valence electrons. The highest BCUT2D eigenvalue weighted by Crippen LogP contribution is 2.35. The Labute approximate surface area is 155 Å². The van der Waals surface area contributed by atoms with Gasteiger partial charge in [0, 0.05) is 12.7 Å². The van der Waals surface area contributed by atoms with Crippen molar-refractivity contribution in [1.82, 2.24) is 0 Å². The van der Waals surface area contributed by atoms with Crippen LogP contribution in [0.1, 0.15) is 11.1 Å². The van der Waals surface area contributed by atoms with E-state index in [-0.39, 0.29) is 31.1 Å². The van der Waals surface area contributed by atoms with Crippen molar-refractivity contribution in [2.24, 2.45) is 0 Å². The second-order valence-corrected chi connectivity index (χ2v) is 5.59. The Morgan fingerprint density at radius 3 is 2.44 bits per heavy atom. The number of amides is 1. The van der Waals surface area contributed by atoms with Gasteiger partial charge in [0.15, 0.2) is 0 Å². The van der Waals surface area contributed by atoms with Crippen LogP contribution < -0.4 is 14.8 Å². The molecule has 0 atom stereocenters. The van der Waals surface area contributed by atoms with Crippen molar-refractivity contribution >= 4 is 11.6 Å². The van der Waals surface area contributed by atoms with Crippen LogP contribution in [0.3, 0.4) is 0 Å². The molecule has 0 aromatic heterocycles. The zero-order valence-corrected chi connectivity index (χ0v) is 14.9. The minimum absolute atomic E-state index is 0.0548. The Balaban J connectivity index is 2.21. The maximum Gasteiger partial charge on any atom is 0.416 e. The SMILES string of the molecule is COCCOc1ccc(C(F)(F)F)cc1NC(=O)Cc1ccccc1OC. The first-order chi connectivity index (χ1) is 12.8. The van der Waals surface area contributed by atoms with Crippen LogP contribution in [0.2, 0.25) is 0 Å². The zero-order chi connectivity index (χ0) is 19.9. The number of benzene rings is 2. The van der Waals surface area contributed by atoms with Crippen LogP contribution in [-0.2, 0) is 22.1 Å². The second kappa shape index (κ2) is 9.27. The fourth-order valence-electron chi connectivity index (χ4n) is 2.38. The Morgan fingerprint density at radius 1 is 1.04 bits per heavy atom. The minimum atomic E-state index is -4.53. The third kappa shape index (κ3) is 5.89. The number of rotatable bonds is 8. The molecule has 1 amide bonds. The van der Waals surface area contributed by atoms with Gasteiger partial charge in [-0.1, -0.05) is 18.2 Å². The Hall–Kier alpha value is -2.74. The van der Waals surface area contributed by atoms with Crippen molar-refractivity contribution in [2.75, 3.05) is 32.8 Å². The molecule has 0 saturated heterocycles. The van der Waals surface area contributed by atoms with E-state index >= 15 is 0 Å². The first-order valence-corrected chi connectivity index (χ1v) is 8.10. The predicted molar refractivity (Wildman–Crippen MR) is 94.1 cm³/mol. The van der Waals surface area contributed by atoms with E-state index < -0.39 is 17.6 Å². The summed E-state index contributed by atoms with van der Waals surface area (Å²) in [4.78, 5) is 12.4. The molecule has 5 nitrogen and oxygen atoms in total. The number of nitrogens with one attached hydrogen (secondary N) is 1. The summed E-state index contributed by atoms with van der Waals surface area (Å²) in [7, 11) is 2.96. The minimum Gasteiger partial charge on any atom is -0.496 e. The number of hydrogen-bond acceptors (Lipinski definition) is 4. The molecule has 2 rings (SSSR count). The fraction of sp³-hybridized carbons (Fsp3) is 0.316. The third-order valence-corrected chi connectivity index (χ3v) is 3.67. The van der Waals surface area contributed by atoms with Gasteiger partial charge in [0.1, 0.15) is 18.1 Å². The number of carbonyl (C=O) groups is 1. The molecule has 0 spiro atoms. The van der Waals surface area contributed by atoms with E-state index in [0.29, 0.717) is 11.3 Å². The first-order valence-electron chi connectivity index (χ1n) is 8.10. The van der Waals surface area contributed by atoms with Gasteiger partial charge in [-0.3, -0.25) is 4.79 Å². The Bertz CT molecular complexity index is 778. The molecule has 0 radical (unpaired) electrons. The maximum absolute atomic E-state index is 13.0. The van der Waals surface area contributed by atoms with Crippen molar-refractivity contribution in [2.45, 2.75) is 12.6 Å². The number of ether oxygens (including phenoxy) is 3. The van der Waals surface area contributed by atoms with E-state index in [0.717, 1.165) is 12.1 Å². The quantitative estimate of drug-likeness (QED) is 0.702. The van der Waals surface area contributed by atoms with E-state index in [1.165, 1.54) is 20.3 Å². The van der Waals surface area contributed by atoms with Crippen LogP contribution in [0.25, 0.3) is 0 Å². The summed E-state index contributed by atoms with van der Waals surface area (Å²) in [5.74, 6) is 0.164. The molecule has 0 bridgehead atoms. The molecule has 0 aliphatic carbocycles. The van der Waals surface area contributed by atoms with Crippen molar-refractivity contribution < 1.29 is 32.2 Å². The van der Waals surface area contributed by atoms with Crippen LogP contribution in [0.5, 0.6) is 11.5 Å². The number of halogens is 3. The van der Waals surface area contributed by atoms with Crippen molar-refractivity contribution in [3.8, 4) is 11.5 Å². The van der Waals surface area contributed by atoms with Crippen LogP contribution in [0.4, 0.5) is 18.9 Å². The second-order valence-electron chi connectivity index (χ2n) is 5.59. The smallest absolute Gasteiger partial charge is 0.416 e. The lowest BCUT2D eigenvalue weighted by Gasteiger charge is -2.15. The van der Waals surface area contributed by atoms with Crippen molar-refractivity contribution in [3.05, 3.63) is 53.6 Å². The normalized spacial score (nSPS) is 11.1. The summed E-state index contributed by atoms with van der Waals surface area (Å²) < 4.78 is 54.4. The molecule has 0 fully saturated rings. The summed E-state index contributed by atoms with van der Waals surface area (Å²) in [5.41, 5.74) is -0.318. The number of methoxy groups -OCH3 is 2. The molecule has 0 aliphatic heterocycles. The number of alkyl halides is 3. The number of anilines is 1. The van der Waals surface area contributed by atoms with Gasteiger partial charge in [0.2, 0.25) is 5.91 Å². The summed E-state index contributed by atoms with van der Waals surface area (Å²) in [6, 6.07) is 9.84. The lowest BCUT2D eigenvalue weighted by atomic mass is 10.1. The summed E-state index contributed by atoms with van der Waals surface area (Å²) >= 11 is 0. The molecule has 2 aromatic rings. The molecular formula is C19H20F3NO4. The van der Waals surface area contributed by atoms with Gasteiger partial charge in [-0.2, -0.15) is 13.2 Å². The van der Waals surface area contributed by atoms with Gasteiger partial charge in [-0.25, -0.2) is 0 Å². The van der Waals surface area contributed by atoms with E-state index in [4.69, 9.17) is 14.2 Å². The predicted octanol–water partition coefficient (Wildman–Crippen LogP) is 3.92. The molecule has 27 heavy (non-hydrogen) atoms. The molecular weight excluding hydrogens is 363 g/mol. The fourth-order valence-corrected chi connectivity index (χ4v) is 2.38. The average molecular weight is 383 g/mol. The monoisotopic (exact) mass is 383 g/mol. The van der Waals surface area contributed by atoms with E-state index in [1.54, 1.807) is 24.3 Å². The molecule has 2 aromatic carbocycles. The summed E-state index contributed by atoms with van der Waals surface area (Å²) in [5, 5.41) is 2.49. The maximum atomic E-state index is 13.0. The number of carbonyl (C=O) groups excluding carboxylic acids is 1. The van der Waals surface area contributed by atoms with E-state index in [1.807, 2.05) is 0 Å². The van der Waals surface area contributed by atoms with Crippen LogP contribution >= 0.6 is 0 Å². The highest BCUT2D eigenvalue weighted by atomic mass is 19.4. The topological polar surface area (TPSA) is 56.8 Å². The van der Waals surface area contributed by atoms with Gasteiger partial charge in [0.05, 0.1) is 31.4 Å². The molecule has 0 unspecified atom stereocenters. The number of para-hydroxylation sites is 1.